The molecule has 3 aliphatic rings. The predicted molar refractivity (Wildman–Crippen MR) is 117 cm³/mol. The van der Waals surface area contributed by atoms with E-state index in [-0.39, 0.29) is 36.4 Å². The summed E-state index contributed by atoms with van der Waals surface area (Å²) in [7, 11) is 0. The predicted octanol–water partition coefficient (Wildman–Crippen LogP) is 3.93. The molecule has 7 heteroatoms. The summed E-state index contributed by atoms with van der Waals surface area (Å²) in [4.78, 5) is 30.6. The fourth-order valence-electron chi connectivity index (χ4n) is 5.63. The summed E-state index contributed by atoms with van der Waals surface area (Å²) in [6.07, 6.45) is 2.72. The van der Waals surface area contributed by atoms with E-state index in [1.807, 2.05) is 13.8 Å². The summed E-state index contributed by atoms with van der Waals surface area (Å²) in [6, 6.07) is -0.825. The number of carbonyl (C=O) groups excluding carboxylic acids is 2. The lowest BCUT2D eigenvalue weighted by Gasteiger charge is -2.36. The van der Waals surface area contributed by atoms with Gasteiger partial charge in [-0.05, 0) is 58.3 Å². The van der Waals surface area contributed by atoms with Gasteiger partial charge in [-0.3, -0.25) is 9.79 Å². The first-order chi connectivity index (χ1) is 14.4. The minimum atomic E-state index is -0.825. The lowest BCUT2D eigenvalue weighted by molar-refractivity contribution is -0.160. The van der Waals surface area contributed by atoms with E-state index in [0.717, 1.165) is 18.6 Å². The Balaban J connectivity index is 1.97. The Kier molecular flexibility index (Phi) is 6.87. The van der Waals surface area contributed by atoms with Crippen LogP contribution in [0.4, 0.5) is 0 Å². The summed E-state index contributed by atoms with van der Waals surface area (Å²) in [5.74, 6) is -1.51. The lowest BCUT2D eigenvalue weighted by atomic mass is 9.70. The molecule has 0 radical (unpaired) electrons. The molecule has 5 atom stereocenters. The fraction of sp³-hybridized carbons (Fsp3) is 0.875. The molecule has 0 amide bonds. The number of fused-ring (bicyclic) bond motifs is 2. The second-order valence-corrected chi connectivity index (χ2v) is 10.3. The third-order valence-corrected chi connectivity index (χ3v) is 7.96. The van der Waals surface area contributed by atoms with Gasteiger partial charge in [-0.1, -0.05) is 20.8 Å². The summed E-state index contributed by atoms with van der Waals surface area (Å²) in [5.41, 5.74) is 1.15. The van der Waals surface area contributed by atoms with Crippen LogP contribution in [-0.4, -0.2) is 55.4 Å². The van der Waals surface area contributed by atoms with E-state index in [9.17, 15) is 9.59 Å². The second-order valence-electron chi connectivity index (χ2n) is 10.3. The zero-order valence-corrected chi connectivity index (χ0v) is 20.2. The van der Waals surface area contributed by atoms with E-state index in [2.05, 4.69) is 20.8 Å². The van der Waals surface area contributed by atoms with E-state index in [1.165, 1.54) is 6.42 Å². The highest BCUT2D eigenvalue weighted by Gasteiger charge is 2.60. The van der Waals surface area contributed by atoms with Crippen LogP contribution in [0.2, 0.25) is 0 Å². The largest absolute Gasteiger partial charge is 0.466 e. The highest BCUT2D eigenvalue weighted by atomic mass is 16.7. The smallest absolute Gasteiger partial charge is 0.331 e. The van der Waals surface area contributed by atoms with Crippen LogP contribution in [0, 0.1) is 22.7 Å². The van der Waals surface area contributed by atoms with Gasteiger partial charge < -0.3 is 18.9 Å². The Morgan fingerprint density at radius 2 is 1.81 bits per heavy atom. The SMILES string of the molecule is CCOC(=O)CC(C1COC(C)(C)O1)C(N=C1C[C@H]2CCC1(C)C2(C)C)C(=O)OCC. The molecule has 3 fully saturated rings. The molecule has 4 unspecified atom stereocenters. The van der Waals surface area contributed by atoms with Gasteiger partial charge >= 0.3 is 11.9 Å². The zero-order valence-electron chi connectivity index (χ0n) is 20.2. The minimum Gasteiger partial charge on any atom is -0.466 e. The molecule has 2 bridgehead atoms. The summed E-state index contributed by atoms with van der Waals surface area (Å²) in [5, 5.41) is 0. The maximum absolute atomic E-state index is 13.1. The molecule has 0 spiro atoms. The van der Waals surface area contributed by atoms with Gasteiger partial charge in [0.05, 0.1) is 32.3 Å². The Bertz CT molecular complexity index is 730. The van der Waals surface area contributed by atoms with Gasteiger partial charge in [0.1, 0.15) is 0 Å². The number of ether oxygens (including phenoxy) is 4. The molecular weight excluding hydrogens is 398 g/mol. The van der Waals surface area contributed by atoms with E-state index in [4.69, 9.17) is 23.9 Å². The van der Waals surface area contributed by atoms with Crippen LogP contribution >= 0.6 is 0 Å². The Labute approximate surface area is 186 Å². The van der Waals surface area contributed by atoms with Crippen LogP contribution in [0.5, 0.6) is 0 Å². The van der Waals surface area contributed by atoms with Crippen LogP contribution in [-0.2, 0) is 28.5 Å². The molecule has 2 aliphatic carbocycles. The first-order valence-electron chi connectivity index (χ1n) is 11.7. The van der Waals surface area contributed by atoms with E-state index < -0.39 is 29.8 Å². The minimum absolute atomic E-state index is 0.0295. The second kappa shape index (κ2) is 8.81. The third-order valence-electron chi connectivity index (χ3n) is 7.96. The van der Waals surface area contributed by atoms with E-state index in [1.54, 1.807) is 13.8 Å². The van der Waals surface area contributed by atoms with Gasteiger partial charge in [-0.15, -0.1) is 0 Å². The molecule has 0 aromatic carbocycles. The number of nitrogens with zero attached hydrogens (tertiary/aromatic N) is 1. The Morgan fingerprint density at radius 3 is 2.29 bits per heavy atom. The summed E-state index contributed by atoms with van der Waals surface area (Å²) >= 11 is 0. The number of aliphatic imine (C=N–C) groups is 1. The van der Waals surface area contributed by atoms with Gasteiger partial charge in [0.15, 0.2) is 11.8 Å². The first kappa shape index (κ1) is 24.2. The topological polar surface area (TPSA) is 83.4 Å². The molecule has 1 aliphatic heterocycles. The molecule has 31 heavy (non-hydrogen) atoms. The van der Waals surface area contributed by atoms with Crippen LogP contribution in [0.1, 0.15) is 74.1 Å². The molecule has 1 saturated heterocycles. The molecule has 0 aromatic rings. The molecule has 3 rings (SSSR count). The summed E-state index contributed by atoms with van der Waals surface area (Å²) in [6.45, 7) is 14.9. The van der Waals surface area contributed by atoms with Crippen LogP contribution < -0.4 is 0 Å². The van der Waals surface area contributed by atoms with Crippen LogP contribution in [0.15, 0.2) is 4.99 Å². The Hall–Kier alpha value is -1.47. The van der Waals surface area contributed by atoms with Crippen molar-refractivity contribution < 1.29 is 28.5 Å². The quantitative estimate of drug-likeness (QED) is 0.535. The highest BCUT2D eigenvalue weighted by Crippen LogP contribution is 2.64. The maximum Gasteiger partial charge on any atom is 0.331 e. The van der Waals surface area contributed by atoms with Crippen molar-refractivity contribution >= 4 is 17.7 Å². The maximum atomic E-state index is 13.1. The highest BCUT2D eigenvalue weighted by molar-refractivity contribution is 5.96. The number of esters is 2. The van der Waals surface area contributed by atoms with Crippen molar-refractivity contribution in [1.29, 1.82) is 0 Å². The molecule has 2 saturated carbocycles. The number of hydrogen-bond acceptors (Lipinski definition) is 7. The van der Waals surface area contributed by atoms with Crippen LogP contribution in [0.3, 0.4) is 0 Å². The van der Waals surface area contributed by atoms with E-state index in [0.29, 0.717) is 12.5 Å². The van der Waals surface area contributed by atoms with Crippen molar-refractivity contribution in [3.05, 3.63) is 0 Å². The fourth-order valence-corrected chi connectivity index (χ4v) is 5.63. The van der Waals surface area contributed by atoms with Crippen molar-refractivity contribution in [2.75, 3.05) is 19.8 Å². The third kappa shape index (κ3) is 4.54. The lowest BCUT2D eigenvalue weighted by Crippen LogP contribution is -2.42. The van der Waals surface area contributed by atoms with Crippen molar-refractivity contribution in [1.82, 2.24) is 0 Å². The van der Waals surface area contributed by atoms with Gasteiger partial charge in [0.2, 0.25) is 0 Å². The van der Waals surface area contributed by atoms with Gasteiger partial charge in [-0.25, -0.2) is 4.79 Å². The van der Waals surface area contributed by atoms with Crippen molar-refractivity contribution in [2.24, 2.45) is 27.7 Å². The zero-order chi connectivity index (χ0) is 23.0. The number of rotatable bonds is 8. The van der Waals surface area contributed by atoms with E-state index >= 15 is 0 Å². The monoisotopic (exact) mass is 437 g/mol. The number of carbonyl (C=O) groups is 2. The molecule has 0 N–H and O–H groups in total. The van der Waals surface area contributed by atoms with Crippen molar-refractivity contribution in [3.63, 3.8) is 0 Å². The van der Waals surface area contributed by atoms with Crippen molar-refractivity contribution in [3.8, 4) is 0 Å². The molecular formula is C24H39NO6. The molecule has 0 aromatic heterocycles. The molecule has 176 valence electrons. The molecule has 1 heterocycles. The van der Waals surface area contributed by atoms with Gasteiger partial charge in [-0.2, -0.15) is 0 Å². The average molecular weight is 438 g/mol. The normalized spacial score (nSPS) is 34.0. The van der Waals surface area contributed by atoms with Crippen molar-refractivity contribution in [2.45, 2.75) is 92.1 Å². The number of hydrogen-bond donors (Lipinski definition) is 0. The average Bonchev–Trinajstić information content (AvgIpc) is 3.21. The van der Waals surface area contributed by atoms with Crippen LogP contribution in [0.25, 0.3) is 0 Å². The van der Waals surface area contributed by atoms with Gasteiger partial charge in [0, 0.05) is 17.0 Å². The van der Waals surface area contributed by atoms with Gasteiger partial charge in [0.25, 0.3) is 0 Å². The Morgan fingerprint density at radius 1 is 1.13 bits per heavy atom. The summed E-state index contributed by atoms with van der Waals surface area (Å²) < 4.78 is 22.5. The first-order valence-corrected chi connectivity index (χ1v) is 11.7. The standard InChI is InChI=1S/C24H39NO6/c1-8-28-19(26)13-16(17-14-30-23(5,6)31-17)20(21(27)29-9-2)25-18-12-15-10-11-24(18,7)22(15,3)4/h15-17,20H,8-14H2,1-7H3/t15-,16?,17?,20?,24?/m1/s1. The molecule has 7 nitrogen and oxygen atoms in total.